The van der Waals surface area contributed by atoms with Crippen LogP contribution in [0.1, 0.15) is 73.1 Å². The van der Waals surface area contributed by atoms with Gasteiger partial charge in [-0.2, -0.15) is 0 Å². The van der Waals surface area contributed by atoms with Crippen molar-refractivity contribution in [1.82, 2.24) is 0 Å². The molecule has 0 aromatic rings. The number of ketones is 1. The van der Waals surface area contributed by atoms with E-state index >= 15 is 0 Å². The molecule has 0 fully saturated rings. The molecule has 0 aliphatic carbocycles. The molecule has 5 heterocycles. The van der Waals surface area contributed by atoms with E-state index in [2.05, 4.69) is 39.0 Å². The summed E-state index contributed by atoms with van der Waals surface area (Å²) in [5, 5.41) is 0. The van der Waals surface area contributed by atoms with Gasteiger partial charge in [0, 0.05) is 30.5 Å². The Hall–Kier alpha value is -3.82. The van der Waals surface area contributed by atoms with Crippen molar-refractivity contribution in [2.45, 2.75) is 85.2 Å². The number of carbonyl (C=O) groups excluding carboxylic acids is 2. The van der Waals surface area contributed by atoms with Gasteiger partial charge in [-0.3, -0.25) is 29.6 Å². The second-order valence-electron chi connectivity index (χ2n) is 11.5. The van der Waals surface area contributed by atoms with E-state index in [4.69, 9.17) is 34.5 Å². The fraction of sp³-hybridized carbons (Fsp3) is 0.471. The Bertz CT molecular complexity index is 1570. The number of esters is 1. The molecule has 0 aromatic carbocycles. The summed E-state index contributed by atoms with van der Waals surface area (Å²) in [6.45, 7) is 10.3. The van der Waals surface area contributed by atoms with Crippen LogP contribution in [-0.2, 0) is 24.1 Å². The van der Waals surface area contributed by atoms with Gasteiger partial charge < -0.3 is 4.74 Å². The number of hydrogen-bond donors (Lipinski definition) is 0. The predicted octanol–water partition coefficient (Wildman–Crippen LogP) is 5.90. The van der Waals surface area contributed by atoms with E-state index in [1.807, 2.05) is 6.92 Å². The lowest BCUT2D eigenvalue weighted by molar-refractivity contribution is -0.272. The first-order valence-corrected chi connectivity index (χ1v) is 14.9. The van der Waals surface area contributed by atoms with Crippen molar-refractivity contribution in [1.29, 1.82) is 0 Å². The molecular weight excluding hydrogens is 544 g/mol. The van der Waals surface area contributed by atoms with Gasteiger partial charge in [-0.15, -0.1) is 0 Å². The third kappa shape index (κ3) is 6.28. The van der Waals surface area contributed by atoms with Gasteiger partial charge in [0.15, 0.2) is 5.78 Å². The minimum Gasteiger partial charge on any atom is -0.469 e. The first-order valence-electron chi connectivity index (χ1n) is 14.9. The van der Waals surface area contributed by atoms with Gasteiger partial charge in [0.25, 0.3) is 0 Å². The zero-order chi connectivity index (χ0) is 30.8. The highest BCUT2D eigenvalue weighted by atomic mass is 17.2. The monoisotopic (exact) mass is 584 g/mol. The Balaban J connectivity index is 1.62. The van der Waals surface area contributed by atoms with Crippen molar-refractivity contribution < 1.29 is 24.1 Å². The van der Waals surface area contributed by atoms with Gasteiger partial charge in [0.1, 0.15) is 0 Å². The maximum atomic E-state index is 12.8. The quantitative estimate of drug-likeness (QED) is 0.145. The molecule has 0 saturated carbocycles. The van der Waals surface area contributed by atoms with Crippen LogP contribution in [0.2, 0.25) is 0 Å². The normalized spacial score (nSPS) is 25.6. The Morgan fingerprint density at radius 1 is 0.837 bits per heavy atom. The van der Waals surface area contributed by atoms with Crippen LogP contribution in [0.5, 0.6) is 0 Å². The van der Waals surface area contributed by atoms with Crippen LogP contribution in [-0.4, -0.2) is 67.5 Å². The van der Waals surface area contributed by atoms with Crippen LogP contribution in [0.4, 0.5) is 0 Å². The molecule has 2 unspecified atom stereocenters. The third-order valence-corrected chi connectivity index (χ3v) is 8.73. The molecule has 43 heavy (non-hydrogen) atoms. The van der Waals surface area contributed by atoms with Gasteiger partial charge in [-0.25, -0.2) is 9.78 Å². The average molecular weight is 585 g/mol. The van der Waals surface area contributed by atoms with Crippen LogP contribution in [0.25, 0.3) is 0 Å². The molecule has 9 heteroatoms. The van der Waals surface area contributed by atoms with E-state index in [-0.39, 0.29) is 30.3 Å². The number of ether oxygens (including phenoxy) is 1. The number of Topliss-reactive ketones (excluding diaryl/α,β-unsaturated/α-hetero) is 1. The average Bonchev–Trinajstić information content (AvgIpc) is 3.65. The highest BCUT2D eigenvalue weighted by molar-refractivity contribution is 6.30. The Kier molecular flexibility index (Phi) is 9.13. The summed E-state index contributed by atoms with van der Waals surface area (Å²) in [5.74, 6) is -0.231. The van der Waals surface area contributed by atoms with Gasteiger partial charge in [-0.05, 0) is 99.5 Å². The number of methoxy groups -OCH3 is 1. The lowest BCUT2D eigenvalue weighted by atomic mass is 9.92. The highest BCUT2D eigenvalue weighted by Gasteiger charge is 2.32. The number of carbonyl (C=O) groups is 2. The number of fused-ring (bicyclic) bond motifs is 4. The van der Waals surface area contributed by atoms with E-state index < -0.39 is 0 Å². The number of aliphatic imine (C=N–C) groups is 4. The molecule has 0 spiro atoms. The van der Waals surface area contributed by atoms with Crippen molar-refractivity contribution in [2.75, 3.05) is 20.8 Å². The van der Waals surface area contributed by atoms with Gasteiger partial charge in [0.2, 0.25) is 0 Å². The molecule has 0 aromatic heterocycles. The summed E-state index contributed by atoms with van der Waals surface area (Å²) < 4.78 is 4.94. The van der Waals surface area contributed by atoms with Crippen LogP contribution in [0.15, 0.2) is 88.6 Å². The summed E-state index contributed by atoms with van der Waals surface area (Å²) in [6.07, 6.45) is 9.66. The standard InChI is InChI=1S/C34H40N4O5/c1-18-13-23-14-27-20(3)25(10-11-33(40)41-6)31(36-27)17-30-24(9-8-12-43-42-7)19(2)28(37-30)16-29-21(4)34(22(5)39)32(38-29)15-26(18)35-23/h13-14,16,23,29H,8-12,15,17H2,1-7H3/b27-14-,28-16-. The van der Waals surface area contributed by atoms with Gasteiger partial charge >= 0.3 is 5.97 Å². The van der Waals surface area contributed by atoms with E-state index in [1.165, 1.54) is 14.2 Å². The summed E-state index contributed by atoms with van der Waals surface area (Å²) in [6, 6.07) is -0.446. The topological polar surface area (TPSA) is 111 Å². The Morgan fingerprint density at radius 3 is 2.14 bits per heavy atom. The van der Waals surface area contributed by atoms with Crippen molar-refractivity contribution in [2.24, 2.45) is 20.0 Å². The molecule has 5 aliphatic rings. The zero-order valence-corrected chi connectivity index (χ0v) is 26.2. The smallest absolute Gasteiger partial charge is 0.305 e. The van der Waals surface area contributed by atoms with Crippen molar-refractivity contribution in [3.63, 3.8) is 0 Å². The van der Waals surface area contributed by atoms with Crippen LogP contribution in [0.3, 0.4) is 0 Å². The summed E-state index contributed by atoms with van der Waals surface area (Å²) in [5.41, 5.74) is 12.4. The Morgan fingerprint density at radius 2 is 1.49 bits per heavy atom. The molecule has 226 valence electrons. The first kappa shape index (κ1) is 30.6. The number of rotatable bonds is 9. The lowest BCUT2D eigenvalue weighted by Crippen LogP contribution is -2.13. The minimum atomic E-state index is -0.275. The maximum absolute atomic E-state index is 12.8. The van der Waals surface area contributed by atoms with E-state index in [9.17, 15) is 9.59 Å². The molecular formula is C34H40N4O5. The van der Waals surface area contributed by atoms with Crippen molar-refractivity contribution in [3.8, 4) is 0 Å². The molecule has 8 bridgehead atoms. The third-order valence-electron chi connectivity index (χ3n) is 8.73. The summed E-state index contributed by atoms with van der Waals surface area (Å²) in [4.78, 5) is 55.2. The SMILES string of the molecule is COOCCCC1=C(C)/C2=C/C3N=C(CC4=NC(C=C4C)/C=C4\N=C(CC1=N2)C(CCC(=O)OC)=C4C)C(C(C)=O)=C3C. The second-order valence-corrected chi connectivity index (χ2v) is 11.5. The lowest BCUT2D eigenvalue weighted by Gasteiger charge is -2.11. The first-order chi connectivity index (χ1) is 20.6. The molecule has 9 nitrogen and oxygen atoms in total. The fourth-order valence-electron chi connectivity index (χ4n) is 6.39. The minimum absolute atomic E-state index is 0.0171. The molecule has 0 amide bonds. The van der Waals surface area contributed by atoms with Crippen LogP contribution in [0, 0.1) is 0 Å². The highest BCUT2D eigenvalue weighted by Crippen LogP contribution is 2.37. The van der Waals surface area contributed by atoms with Crippen LogP contribution >= 0.6 is 0 Å². The maximum Gasteiger partial charge on any atom is 0.305 e. The van der Waals surface area contributed by atoms with Crippen molar-refractivity contribution in [3.05, 3.63) is 68.6 Å². The molecule has 0 saturated heterocycles. The van der Waals surface area contributed by atoms with Crippen molar-refractivity contribution >= 4 is 34.6 Å². The summed E-state index contributed by atoms with van der Waals surface area (Å²) >= 11 is 0. The second kappa shape index (κ2) is 12.8. The van der Waals surface area contributed by atoms with E-state index in [0.717, 1.165) is 80.5 Å². The fourth-order valence-corrected chi connectivity index (χ4v) is 6.39. The molecule has 0 radical (unpaired) electrons. The van der Waals surface area contributed by atoms with Gasteiger partial charge in [-0.1, -0.05) is 6.08 Å². The van der Waals surface area contributed by atoms with E-state index in [0.29, 0.717) is 31.4 Å². The predicted molar refractivity (Wildman–Crippen MR) is 169 cm³/mol. The molecule has 2 atom stereocenters. The molecule has 0 N–H and O–H groups in total. The number of hydrogen-bond acceptors (Lipinski definition) is 9. The van der Waals surface area contributed by atoms with E-state index in [1.54, 1.807) is 6.92 Å². The molecule has 5 aliphatic heterocycles. The Labute approximate surface area is 253 Å². The molecule has 5 rings (SSSR count). The van der Waals surface area contributed by atoms with Gasteiger partial charge in [0.05, 0.1) is 61.4 Å². The van der Waals surface area contributed by atoms with Crippen LogP contribution < -0.4 is 0 Å². The largest absolute Gasteiger partial charge is 0.469 e. The summed E-state index contributed by atoms with van der Waals surface area (Å²) in [7, 11) is 2.92. The number of allylic oxidation sites excluding steroid dienone is 6. The number of nitrogens with zero attached hydrogens (tertiary/aromatic N) is 4. The zero-order valence-electron chi connectivity index (χ0n) is 26.2.